The molecule has 1 fully saturated rings. The minimum atomic E-state index is -0.229. The number of nitrogens with two attached hydrogens (primary N) is 1. The number of nitrogens with zero attached hydrogens (tertiary/aromatic N) is 1. The zero-order valence-electron chi connectivity index (χ0n) is 10.4. The number of carbonyl (C=O) groups is 1. The van der Waals surface area contributed by atoms with Gasteiger partial charge in [-0.2, -0.15) is 0 Å². The van der Waals surface area contributed by atoms with Crippen molar-refractivity contribution in [2.75, 3.05) is 5.73 Å². The highest BCUT2D eigenvalue weighted by Crippen LogP contribution is 2.26. The van der Waals surface area contributed by atoms with Gasteiger partial charge in [0.05, 0.1) is 11.2 Å². The number of aromatic nitrogens is 1. The van der Waals surface area contributed by atoms with Gasteiger partial charge >= 0.3 is 0 Å². The number of fused-ring (bicyclic) bond motifs is 1. The molecule has 0 aliphatic heterocycles. The average molecular weight is 243 g/mol. The van der Waals surface area contributed by atoms with Crippen LogP contribution in [0.4, 0.5) is 5.69 Å². The lowest BCUT2D eigenvalue weighted by atomic mass is 10.2. The Balaban J connectivity index is 1.95. The van der Waals surface area contributed by atoms with Crippen molar-refractivity contribution < 1.29 is 4.79 Å². The largest absolute Gasteiger partial charge is 0.397 e. The number of nitrogen functional groups attached to an aromatic ring is 1. The van der Waals surface area contributed by atoms with Gasteiger partial charge in [-0.3, -0.25) is 4.79 Å². The van der Waals surface area contributed by atoms with Crippen LogP contribution in [-0.4, -0.2) is 16.5 Å². The summed E-state index contributed by atoms with van der Waals surface area (Å²) in [5, 5.41) is 4.10. The Kier molecular flexibility index (Phi) is 2.51. The maximum atomic E-state index is 12.1. The van der Waals surface area contributed by atoms with Crippen molar-refractivity contribution in [2.45, 2.75) is 31.8 Å². The molecule has 3 N–H and O–H groups in total. The van der Waals surface area contributed by atoms with Crippen LogP contribution < -0.4 is 11.1 Å². The average Bonchev–Trinajstić information content (AvgIpc) is 3.05. The Hall–Kier alpha value is -1.97. The Morgan fingerprint density at radius 3 is 2.94 bits per heavy atom. The predicted octanol–water partition coefficient (Wildman–Crippen LogP) is 2.06. The lowest BCUT2D eigenvalue weighted by Crippen LogP contribution is -2.32. The summed E-state index contributed by atoms with van der Waals surface area (Å²) in [6.45, 7) is 1.91. The molecule has 1 aliphatic rings. The topological polar surface area (TPSA) is 60.0 Å². The Morgan fingerprint density at radius 1 is 1.44 bits per heavy atom. The first-order chi connectivity index (χ1) is 8.66. The molecule has 4 nitrogen and oxygen atoms in total. The van der Waals surface area contributed by atoms with Gasteiger partial charge in [-0.05, 0) is 31.9 Å². The van der Waals surface area contributed by atoms with E-state index in [2.05, 4.69) is 5.32 Å². The van der Waals surface area contributed by atoms with E-state index in [9.17, 15) is 4.79 Å². The molecule has 0 spiro atoms. The quantitative estimate of drug-likeness (QED) is 0.811. The smallest absolute Gasteiger partial charge is 0.242 e. The molecule has 18 heavy (non-hydrogen) atoms. The van der Waals surface area contributed by atoms with E-state index < -0.39 is 0 Å². The number of rotatable bonds is 3. The molecular weight excluding hydrogens is 226 g/mol. The van der Waals surface area contributed by atoms with Crippen molar-refractivity contribution in [3.8, 4) is 0 Å². The van der Waals surface area contributed by atoms with Gasteiger partial charge < -0.3 is 15.6 Å². The summed E-state index contributed by atoms with van der Waals surface area (Å²) in [6.07, 6.45) is 4.14. The van der Waals surface area contributed by atoms with E-state index in [-0.39, 0.29) is 11.9 Å². The SMILES string of the molecule is CC(C(=O)NC1CC1)n1ccc2cccc(N)c21. The van der Waals surface area contributed by atoms with Crippen molar-refractivity contribution in [3.63, 3.8) is 0 Å². The molecule has 1 aromatic carbocycles. The number of amides is 1. The fourth-order valence-corrected chi connectivity index (χ4v) is 2.25. The second-order valence-electron chi connectivity index (χ2n) is 4.97. The Morgan fingerprint density at radius 2 is 2.22 bits per heavy atom. The summed E-state index contributed by atoms with van der Waals surface area (Å²) in [5.41, 5.74) is 7.65. The molecule has 1 amide bonds. The monoisotopic (exact) mass is 243 g/mol. The van der Waals surface area contributed by atoms with E-state index in [4.69, 9.17) is 5.73 Å². The lowest BCUT2D eigenvalue weighted by Gasteiger charge is -2.16. The van der Waals surface area contributed by atoms with Crippen molar-refractivity contribution in [2.24, 2.45) is 0 Å². The third-order valence-electron chi connectivity index (χ3n) is 3.49. The van der Waals surface area contributed by atoms with Crippen LogP contribution in [0, 0.1) is 0 Å². The van der Waals surface area contributed by atoms with Gasteiger partial charge in [0.15, 0.2) is 0 Å². The van der Waals surface area contributed by atoms with Gasteiger partial charge in [0.2, 0.25) is 5.91 Å². The van der Waals surface area contributed by atoms with E-state index >= 15 is 0 Å². The first-order valence-corrected chi connectivity index (χ1v) is 6.32. The van der Waals surface area contributed by atoms with Crippen LogP contribution in [0.5, 0.6) is 0 Å². The van der Waals surface area contributed by atoms with Crippen molar-refractivity contribution in [1.29, 1.82) is 0 Å². The van der Waals surface area contributed by atoms with Gasteiger partial charge in [0.25, 0.3) is 0 Å². The van der Waals surface area contributed by atoms with Crippen molar-refractivity contribution >= 4 is 22.5 Å². The molecule has 4 heteroatoms. The Bertz CT molecular complexity index is 598. The second-order valence-corrected chi connectivity index (χ2v) is 4.97. The van der Waals surface area contributed by atoms with Crippen LogP contribution in [0.1, 0.15) is 25.8 Å². The molecule has 0 saturated heterocycles. The summed E-state index contributed by atoms with van der Waals surface area (Å²) < 4.78 is 1.95. The van der Waals surface area contributed by atoms with Gasteiger partial charge in [0.1, 0.15) is 6.04 Å². The van der Waals surface area contributed by atoms with Gasteiger partial charge in [-0.1, -0.05) is 12.1 Å². The number of nitrogens with one attached hydrogen (secondary N) is 1. The third kappa shape index (κ3) is 1.83. The summed E-state index contributed by atoms with van der Waals surface area (Å²) in [4.78, 5) is 12.1. The molecule has 0 radical (unpaired) electrons. The number of benzene rings is 1. The fraction of sp³-hybridized carbons (Fsp3) is 0.357. The number of para-hydroxylation sites is 1. The van der Waals surface area contributed by atoms with Crippen LogP contribution in [-0.2, 0) is 4.79 Å². The zero-order valence-corrected chi connectivity index (χ0v) is 10.4. The van der Waals surface area contributed by atoms with E-state index in [1.165, 1.54) is 0 Å². The standard InChI is InChI=1S/C14H17N3O/c1-9(14(18)16-11-5-6-11)17-8-7-10-3-2-4-12(15)13(10)17/h2-4,7-9,11H,5-6,15H2,1H3,(H,16,18). The molecule has 0 bridgehead atoms. The van der Waals surface area contributed by atoms with E-state index in [1.807, 2.05) is 42.0 Å². The van der Waals surface area contributed by atoms with E-state index in [0.717, 1.165) is 23.7 Å². The van der Waals surface area contributed by atoms with Gasteiger partial charge in [0, 0.05) is 17.6 Å². The number of hydrogen-bond donors (Lipinski definition) is 2. The molecule has 1 aromatic heterocycles. The second kappa shape index (κ2) is 4.05. The van der Waals surface area contributed by atoms with E-state index in [0.29, 0.717) is 11.7 Å². The first kappa shape index (κ1) is 11.1. The highest BCUT2D eigenvalue weighted by atomic mass is 16.2. The zero-order chi connectivity index (χ0) is 12.7. The molecule has 94 valence electrons. The number of carbonyl (C=O) groups excluding carboxylic acids is 1. The molecule has 2 aromatic rings. The minimum absolute atomic E-state index is 0.0678. The van der Waals surface area contributed by atoms with E-state index in [1.54, 1.807) is 0 Å². The summed E-state index contributed by atoms with van der Waals surface area (Å²) in [6, 6.07) is 7.95. The number of hydrogen-bond acceptors (Lipinski definition) is 2. The minimum Gasteiger partial charge on any atom is -0.397 e. The Labute approximate surface area is 106 Å². The maximum Gasteiger partial charge on any atom is 0.242 e. The molecule has 3 rings (SSSR count). The molecule has 1 aliphatic carbocycles. The first-order valence-electron chi connectivity index (χ1n) is 6.32. The van der Waals surface area contributed by atoms with Crippen molar-refractivity contribution in [1.82, 2.24) is 9.88 Å². The van der Waals surface area contributed by atoms with Crippen LogP contribution in [0.25, 0.3) is 10.9 Å². The molecule has 1 atom stereocenters. The molecule has 1 heterocycles. The third-order valence-corrected chi connectivity index (χ3v) is 3.49. The summed E-state index contributed by atoms with van der Waals surface area (Å²) in [5.74, 6) is 0.0678. The van der Waals surface area contributed by atoms with Crippen LogP contribution in [0.2, 0.25) is 0 Å². The highest BCUT2D eigenvalue weighted by molar-refractivity contribution is 5.92. The van der Waals surface area contributed by atoms with Crippen LogP contribution >= 0.6 is 0 Å². The fourth-order valence-electron chi connectivity index (χ4n) is 2.25. The highest BCUT2D eigenvalue weighted by Gasteiger charge is 2.26. The number of anilines is 1. The molecule has 1 saturated carbocycles. The van der Waals surface area contributed by atoms with Crippen LogP contribution in [0.15, 0.2) is 30.5 Å². The summed E-state index contributed by atoms with van der Waals surface area (Å²) >= 11 is 0. The lowest BCUT2D eigenvalue weighted by molar-refractivity contribution is -0.123. The maximum absolute atomic E-state index is 12.1. The normalized spacial score (nSPS) is 16.7. The molecular formula is C14H17N3O. The van der Waals surface area contributed by atoms with Gasteiger partial charge in [-0.25, -0.2) is 0 Å². The predicted molar refractivity (Wildman–Crippen MR) is 72.2 cm³/mol. The summed E-state index contributed by atoms with van der Waals surface area (Å²) in [7, 11) is 0. The molecule has 1 unspecified atom stereocenters. The van der Waals surface area contributed by atoms with Crippen LogP contribution in [0.3, 0.4) is 0 Å². The van der Waals surface area contributed by atoms with Crippen molar-refractivity contribution in [3.05, 3.63) is 30.5 Å². The van der Waals surface area contributed by atoms with Gasteiger partial charge in [-0.15, -0.1) is 0 Å².